The Morgan fingerprint density at radius 2 is 1.89 bits per heavy atom. The van der Waals surface area contributed by atoms with E-state index in [0.29, 0.717) is 22.8 Å². The molecule has 0 aliphatic carbocycles. The van der Waals surface area contributed by atoms with Crippen molar-refractivity contribution in [2.24, 2.45) is 0 Å². The van der Waals surface area contributed by atoms with Crippen molar-refractivity contribution in [3.05, 3.63) is 94.0 Å². The summed E-state index contributed by atoms with van der Waals surface area (Å²) < 4.78 is 30.2. The Balaban J connectivity index is 1.73. The van der Waals surface area contributed by atoms with Gasteiger partial charge in [-0.25, -0.2) is 0 Å². The van der Waals surface area contributed by atoms with Gasteiger partial charge >= 0.3 is 5.97 Å². The van der Waals surface area contributed by atoms with Crippen LogP contribution < -0.4 is 4.74 Å². The van der Waals surface area contributed by atoms with Crippen LogP contribution in [0.5, 0.6) is 5.75 Å². The highest BCUT2D eigenvalue weighted by atomic mass is 32.3. The number of carbonyl (C=O) groups is 1. The van der Waals surface area contributed by atoms with Crippen molar-refractivity contribution in [1.82, 2.24) is 4.31 Å². The van der Waals surface area contributed by atoms with Gasteiger partial charge in [0, 0.05) is 12.5 Å². The highest BCUT2D eigenvalue weighted by Gasteiger charge is 2.34. The average molecular weight is 507 g/mol. The summed E-state index contributed by atoms with van der Waals surface area (Å²) in [6, 6.07) is 20.2. The summed E-state index contributed by atoms with van der Waals surface area (Å²) >= 11 is 0. The van der Waals surface area contributed by atoms with Crippen LogP contribution in [0.1, 0.15) is 52.6 Å². The third kappa shape index (κ3) is 5.25. The zero-order valence-corrected chi connectivity index (χ0v) is 21.3. The molecule has 3 aromatic rings. The Morgan fingerprint density at radius 3 is 2.58 bits per heavy atom. The summed E-state index contributed by atoms with van der Waals surface area (Å²) in [7, 11) is -3.30. The Kier molecular flexibility index (Phi) is 7.38. The van der Waals surface area contributed by atoms with Gasteiger partial charge in [0.2, 0.25) is 0 Å². The van der Waals surface area contributed by atoms with Crippen LogP contribution in [0.15, 0.2) is 65.6 Å². The molecule has 0 spiro atoms. The molecule has 0 saturated carbocycles. The molecule has 1 unspecified atom stereocenters. The van der Waals surface area contributed by atoms with Gasteiger partial charge in [0.05, 0.1) is 24.6 Å². The number of hydrogen-bond donors (Lipinski definition) is 3. The first-order chi connectivity index (χ1) is 17.1. The molecule has 3 aromatic carbocycles. The van der Waals surface area contributed by atoms with Gasteiger partial charge in [-0.15, -0.1) is 10.8 Å². The quantitative estimate of drug-likeness (QED) is 0.371. The van der Waals surface area contributed by atoms with E-state index in [1.54, 1.807) is 40.7 Å². The predicted molar refractivity (Wildman–Crippen MR) is 139 cm³/mol. The summed E-state index contributed by atoms with van der Waals surface area (Å²) in [5.41, 5.74) is 4.89. The normalized spacial score (nSPS) is 18.7. The minimum absolute atomic E-state index is 0.105. The fourth-order valence-corrected chi connectivity index (χ4v) is 6.36. The van der Waals surface area contributed by atoms with Crippen molar-refractivity contribution in [2.45, 2.75) is 50.7 Å². The Labute approximate surface area is 213 Å². The van der Waals surface area contributed by atoms with E-state index in [1.165, 1.54) is 0 Å². The van der Waals surface area contributed by atoms with E-state index in [4.69, 9.17) is 4.74 Å². The summed E-state index contributed by atoms with van der Waals surface area (Å²) in [6.07, 6.45) is -0.365. The monoisotopic (exact) mass is 506 g/mol. The highest BCUT2D eigenvalue weighted by molar-refractivity contribution is 8.22. The molecule has 1 aliphatic rings. The van der Waals surface area contributed by atoms with Gasteiger partial charge in [-0.3, -0.25) is 13.9 Å². The number of aryl methyl sites for hydroxylation is 2. The summed E-state index contributed by atoms with van der Waals surface area (Å²) in [5, 5.41) is 18.9. The van der Waals surface area contributed by atoms with Gasteiger partial charge in [0.25, 0.3) is 0 Å². The largest absolute Gasteiger partial charge is 0.487 e. The number of hydrogen-bond acceptors (Lipinski definition) is 6. The maximum absolute atomic E-state index is 11.8. The topological polar surface area (TPSA) is 114 Å². The molecule has 0 bridgehead atoms. The van der Waals surface area contributed by atoms with Gasteiger partial charge in [0.15, 0.2) is 0 Å². The van der Waals surface area contributed by atoms with Crippen molar-refractivity contribution in [3.8, 4) is 11.8 Å². The lowest BCUT2D eigenvalue weighted by Gasteiger charge is -2.42. The van der Waals surface area contributed by atoms with Gasteiger partial charge < -0.3 is 9.84 Å². The molecule has 7 nitrogen and oxygen atoms in total. The van der Waals surface area contributed by atoms with Gasteiger partial charge in [-0.05, 0) is 72.9 Å². The number of benzene rings is 3. The number of aliphatic carboxylic acids is 1. The number of fused-ring (bicyclic) bond motifs is 1. The molecule has 0 aromatic heterocycles. The lowest BCUT2D eigenvalue weighted by Crippen LogP contribution is -2.33. The number of carboxylic acid groups (broad SMARTS) is 1. The minimum Gasteiger partial charge on any atom is -0.487 e. The Bertz CT molecular complexity index is 1330. The van der Waals surface area contributed by atoms with E-state index in [1.807, 2.05) is 45.0 Å². The van der Waals surface area contributed by atoms with E-state index in [9.17, 15) is 24.3 Å². The number of nitrogens with zero attached hydrogens (tertiary/aromatic N) is 2. The van der Waals surface area contributed by atoms with E-state index in [-0.39, 0.29) is 19.1 Å². The maximum atomic E-state index is 11.8. The molecule has 0 amide bonds. The maximum Gasteiger partial charge on any atom is 0.304 e. The average Bonchev–Trinajstić information content (AvgIpc) is 2.92. The van der Waals surface area contributed by atoms with Crippen LogP contribution >= 0.6 is 10.8 Å². The third-order valence-electron chi connectivity index (χ3n) is 6.57. The van der Waals surface area contributed by atoms with Crippen molar-refractivity contribution in [1.29, 1.82) is 5.26 Å². The molecule has 188 valence electrons. The second-order valence-electron chi connectivity index (χ2n) is 9.24. The van der Waals surface area contributed by atoms with Gasteiger partial charge in [0.1, 0.15) is 16.7 Å². The fourth-order valence-electron chi connectivity index (χ4n) is 4.70. The molecule has 0 radical (unpaired) electrons. The van der Waals surface area contributed by atoms with Crippen LogP contribution in [0.3, 0.4) is 0 Å². The first-order valence-electron chi connectivity index (χ1n) is 11.7. The fraction of sp³-hybridized carbons (Fsp3) is 0.286. The summed E-state index contributed by atoms with van der Waals surface area (Å²) in [5.74, 6) is -0.868. The van der Waals surface area contributed by atoms with Crippen LogP contribution in [0.25, 0.3) is 0 Å². The molecular weight excluding hydrogens is 476 g/mol. The van der Waals surface area contributed by atoms with Gasteiger partial charge in [-0.1, -0.05) is 36.4 Å². The number of nitriles is 1. The second kappa shape index (κ2) is 10.3. The van der Waals surface area contributed by atoms with Crippen LogP contribution in [0, 0.1) is 25.2 Å². The zero-order chi connectivity index (χ0) is 26.0. The molecule has 36 heavy (non-hydrogen) atoms. The van der Waals surface area contributed by atoms with Crippen LogP contribution in [-0.2, 0) is 11.3 Å². The minimum atomic E-state index is -3.30. The van der Waals surface area contributed by atoms with Gasteiger partial charge in [-0.2, -0.15) is 9.57 Å². The van der Waals surface area contributed by atoms with E-state index >= 15 is 0 Å². The van der Waals surface area contributed by atoms with Crippen LogP contribution in [0.4, 0.5) is 0 Å². The third-order valence-corrected chi connectivity index (χ3v) is 8.49. The molecule has 1 aliphatic heterocycles. The van der Waals surface area contributed by atoms with E-state index in [2.05, 4.69) is 6.07 Å². The Morgan fingerprint density at radius 1 is 1.14 bits per heavy atom. The molecule has 1 heterocycles. The predicted octanol–water partition coefficient (Wildman–Crippen LogP) is 6.09. The van der Waals surface area contributed by atoms with Crippen molar-refractivity contribution >= 4 is 16.7 Å². The van der Waals surface area contributed by atoms with E-state index in [0.717, 1.165) is 27.8 Å². The Hall–Kier alpha value is -3.35. The van der Waals surface area contributed by atoms with E-state index < -0.39 is 22.7 Å². The van der Waals surface area contributed by atoms with Crippen molar-refractivity contribution in [2.75, 3.05) is 6.54 Å². The number of ether oxygens (including phenoxy) is 1. The second-order valence-corrected chi connectivity index (χ2v) is 11.2. The van der Waals surface area contributed by atoms with Crippen molar-refractivity contribution < 1.29 is 23.7 Å². The summed E-state index contributed by atoms with van der Waals surface area (Å²) in [6.45, 7) is 6.30. The lowest BCUT2D eigenvalue weighted by molar-refractivity contribution is -0.137. The lowest BCUT2D eigenvalue weighted by atomic mass is 9.84. The summed E-state index contributed by atoms with van der Waals surface area (Å²) in [4.78, 5) is 12.2. The molecule has 0 fully saturated rings. The van der Waals surface area contributed by atoms with Crippen LogP contribution in [-0.4, -0.2) is 37.1 Å². The molecule has 3 N–H and O–H groups in total. The first-order valence-corrected chi connectivity index (χ1v) is 13.2. The molecule has 2 atom stereocenters. The van der Waals surface area contributed by atoms with Crippen molar-refractivity contribution in [3.63, 3.8) is 0 Å². The number of rotatable bonds is 6. The zero-order valence-electron chi connectivity index (χ0n) is 20.5. The number of carboxylic acids is 1. The SMILES string of the molecule is Cc1ccc(C(CC(=O)O)c2ccc(C#N)cc2C)cc1CN1C[C@@H](C)Oc2ccccc2S1(O)O. The van der Waals surface area contributed by atoms with Crippen LogP contribution in [0.2, 0.25) is 0 Å². The smallest absolute Gasteiger partial charge is 0.304 e. The molecule has 8 heteroatoms. The molecular formula is C28H30N2O5S. The first kappa shape index (κ1) is 25.7. The number of para-hydroxylation sites is 1. The standard InChI is InChI=1S/C28H30N2O5S/c1-18-8-10-22(25(14-28(31)32)24-11-9-21(15-29)12-19(24)2)13-23(18)17-30-16-20(3)35-26-6-4-5-7-27(26)36(30,33)34/h4-13,20,25,33-34H,14,16-17H2,1-3H3,(H,31,32)/t20-,25?/m1/s1. The molecule has 0 saturated heterocycles. The highest BCUT2D eigenvalue weighted by Crippen LogP contribution is 2.57. The molecule has 4 rings (SSSR count).